The number of amides is 1. The number of rotatable bonds is 9. The number of carbonyl (C=O) groups excluding carboxylic acids is 1. The molecule has 0 radical (unpaired) electrons. The van der Waals surface area contributed by atoms with Gasteiger partial charge < -0.3 is 15.5 Å². The number of nitrogens with one attached hydrogen (secondary N) is 1. The number of aliphatic hydroxyl groups excluding tert-OH is 1. The first-order valence-corrected chi connectivity index (χ1v) is 13.1. The average molecular weight is 647 g/mol. The van der Waals surface area contributed by atoms with Crippen molar-refractivity contribution in [2.24, 2.45) is 0 Å². The molecule has 0 bridgehead atoms. The van der Waals surface area contributed by atoms with Crippen molar-refractivity contribution in [3.63, 3.8) is 0 Å². The number of nitrogens with zero attached hydrogens (tertiary/aromatic N) is 7. The number of aromatic nitrogens is 7. The Morgan fingerprint density at radius 2 is 1.77 bits per heavy atom. The Bertz CT molecular complexity index is 1740. The summed E-state index contributed by atoms with van der Waals surface area (Å²) >= 11 is 5.89. The van der Waals surface area contributed by atoms with E-state index >= 15 is 0 Å². The molecule has 1 saturated carbocycles. The Morgan fingerprint density at radius 3 is 2.39 bits per heavy atom. The van der Waals surface area contributed by atoms with Crippen molar-refractivity contribution in [2.45, 2.75) is 50.0 Å². The summed E-state index contributed by atoms with van der Waals surface area (Å²) < 4.78 is 82.6. The molecule has 3 aromatic heterocycles. The molecule has 4 aromatic rings. The second-order valence-electron chi connectivity index (χ2n) is 9.98. The van der Waals surface area contributed by atoms with E-state index in [-0.39, 0.29) is 23.0 Å². The normalized spacial score (nSPS) is 15.3. The number of carbonyl (C=O) groups is 1. The Morgan fingerprint density at radius 1 is 1.09 bits per heavy atom. The minimum atomic E-state index is -5.08. The summed E-state index contributed by atoms with van der Waals surface area (Å²) in [6, 6.07) is 7.24. The van der Waals surface area contributed by atoms with Crippen molar-refractivity contribution < 1.29 is 41.4 Å². The van der Waals surface area contributed by atoms with Crippen molar-refractivity contribution in [3.8, 4) is 17.2 Å². The van der Waals surface area contributed by atoms with Gasteiger partial charge in [-0.2, -0.15) is 31.0 Å². The quantitative estimate of drug-likeness (QED) is 0.235. The van der Waals surface area contributed by atoms with Crippen molar-refractivity contribution in [3.05, 3.63) is 75.3 Å². The Balaban J connectivity index is 1.57. The first-order valence-electron chi connectivity index (χ1n) is 12.7. The Kier molecular flexibility index (Phi) is 8.02. The molecule has 44 heavy (non-hydrogen) atoms. The van der Waals surface area contributed by atoms with Crippen LogP contribution in [0.1, 0.15) is 34.8 Å². The van der Waals surface area contributed by atoms with Crippen LogP contribution in [-0.2, 0) is 19.3 Å². The highest BCUT2D eigenvalue weighted by molar-refractivity contribution is 6.30. The van der Waals surface area contributed by atoms with Gasteiger partial charge in [-0.15, -0.1) is 10.2 Å². The molecule has 1 aromatic carbocycles. The smallest absolute Gasteiger partial charge is 0.388 e. The lowest BCUT2D eigenvalue weighted by Crippen LogP contribution is -2.37. The van der Waals surface area contributed by atoms with Crippen LogP contribution in [0.25, 0.3) is 17.2 Å². The van der Waals surface area contributed by atoms with Crippen LogP contribution in [0.15, 0.2) is 47.4 Å². The van der Waals surface area contributed by atoms with Crippen LogP contribution in [-0.4, -0.2) is 74.6 Å². The number of pyridine rings is 1. The minimum Gasteiger partial charge on any atom is -0.388 e. The van der Waals surface area contributed by atoms with Crippen LogP contribution >= 0.6 is 11.6 Å². The molecule has 1 aliphatic carbocycles. The van der Waals surface area contributed by atoms with Gasteiger partial charge in [-0.05, 0) is 49.2 Å². The van der Waals surface area contributed by atoms with E-state index in [2.05, 4.69) is 25.5 Å². The number of hydrogen-bond donors (Lipinski definition) is 3. The number of benzene rings is 1. The maximum atomic E-state index is 13.8. The lowest BCUT2D eigenvalue weighted by molar-refractivity contribution is -0.207. The molecule has 1 amide bonds. The second kappa shape index (κ2) is 11.3. The molecule has 3 N–H and O–H groups in total. The molecule has 234 valence electrons. The van der Waals surface area contributed by atoms with Crippen LogP contribution in [0.5, 0.6) is 0 Å². The maximum absolute atomic E-state index is 13.8. The van der Waals surface area contributed by atoms with E-state index in [0.29, 0.717) is 32.8 Å². The predicted molar refractivity (Wildman–Crippen MR) is 139 cm³/mol. The van der Waals surface area contributed by atoms with Gasteiger partial charge in [-0.25, -0.2) is 19.4 Å². The van der Waals surface area contributed by atoms with Crippen molar-refractivity contribution >= 4 is 17.5 Å². The predicted octanol–water partition coefficient (Wildman–Crippen LogP) is 2.59. The van der Waals surface area contributed by atoms with Gasteiger partial charge in [0.15, 0.2) is 23.6 Å². The summed E-state index contributed by atoms with van der Waals surface area (Å²) in [6.45, 7) is -2.17. The highest BCUT2D eigenvalue weighted by Crippen LogP contribution is 2.35. The van der Waals surface area contributed by atoms with Crippen molar-refractivity contribution in [1.29, 1.82) is 0 Å². The largest absolute Gasteiger partial charge is 0.420 e. The number of aliphatic hydroxyl groups is 2. The van der Waals surface area contributed by atoms with Gasteiger partial charge in [0.25, 0.3) is 5.91 Å². The number of halogens is 7. The zero-order chi connectivity index (χ0) is 32.0. The Hall–Kier alpha value is -4.29. The van der Waals surface area contributed by atoms with Gasteiger partial charge >= 0.3 is 18.0 Å². The summed E-state index contributed by atoms with van der Waals surface area (Å²) in [5.41, 5.74) is -3.42. The molecule has 1 fully saturated rings. The third-order valence-corrected chi connectivity index (χ3v) is 6.85. The van der Waals surface area contributed by atoms with E-state index in [4.69, 9.17) is 11.6 Å². The topological polar surface area (TPSA) is 153 Å². The van der Waals surface area contributed by atoms with Crippen LogP contribution in [0.3, 0.4) is 0 Å². The third kappa shape index (κ3) is 6.61. The maximum Gasteiger partial charge on any atom is 0.420 e. The van der Waals surface area contributed by atoms with Gasteiger partial charge in [0, 0.05) is 23.3 Å². The van der Waals surface area contributed by atoms with Crippen LogP contribution < -0.4 is 11.0 Å². The Labute approximate surface area is 247 Å². The fraction of sp³-hybridized carbons (Fsp3) is 0.360. The molecular formula is C25H21ClF6N8O4. The summed E-state index contributed by atoms with van der Waals surface area (Å²) in [6.07, 6.45) is -11.1. The molecule has 1 aliphatic rings. The molecule has 12 nitrogen and oxygen atoms in total. The van der Waals surface area contributed by atoms with Gasteiger partial charge in [-0.1, -0.05) is 11.6 Å². The molecule has 19 heteroatoms. The number of alkyl halides is 6. The lowest BCUT2D eigenvalue weighted by Gasteiger charge is -2.15. The highest BCUT2D eigenvalue weighted by atomic mass is 35.5. The summed E-state index contributed by atoms with van der Waals surface area (Å²) in [5.74, 6) is -3.23. The van der Waals surface area contributed by atoms with Crippen LogP contribution in [0.2, 0.25) is 5.02 Å². The summed E-state index contributed by atoms with van der Waals surface area (Å²) in [5, 5.41) is 30.4. The van der Waals surface area contributed by atoms with Crippen LogP contribution in [0, 0.1) is 0 Å². The van der Waals surface area contributed by atoms with E-state index in [1.54, 1.807) is 0 Å². The molecule has 0 unspecified atom stereocenters. The summed E-state index contributed by atoms with van der Waals surface area (Å²) in [7, 11) is 0. The van der Waals surface area contributed by atoms with Crippen molar-refractivity contribution in [2.75, 3.05) is 6.54 Å². The van der Waals surface area contributed by atoms with E-state index in [0.717, 1.165) is 12.3 Å². The minimum absolute atomic E-state index is 0.152. The first kappa shape index (κ1) is 31.1. The van der Waals surface area contributed by atoms with E-state index in [9.17, 15) is 46.1 Å². The van der Waals surface area contributed by atoms with E-state index in [1.807, 2.05) is 0 Å². The van der Waals surface area contributed by atoms with Crippen LogP contribution in [0.4, 0.5) is 26.3 Å². The average Bonchev–Trinajstić information content (AvgIpc) is 3.42. The fourth-order valence-electron chi connectivity index (χ4n) is 4.08. The molecule has 0 spiro atoms. The fourth-order valence-corrected chi connectivity index (χ4v) is 4.21. The van der Waals surface area contributed by atoms with Gasteiger partial charge in [0.05, 0.1) is 12.1 Å². The van der Waals surface area contributed by atoms with E-state index in [1.165, 1.54) is 24.3 Å². The third-order valence-electron chi connectivity index (χ3n) is 6.60. The molecule has 0 aliphatic heterocycles. The molecule has 0 saturated heterocycles. The van der Waals surface area contributed by atoms with Crippen molar-refractivity contribution in [1.82, 2.24) is 39.4 Å². The zero-order valence-corrected chi connectivity index (χ0v) is 22.9. The van der Waals surface area contributed by atoms with Gasteiger partial charge in [0.1, 0.15) is 12.1 Å². The van der Waals surface area contributed by atoms with E-state index < -0.39 is 71.8 Å². The lowest BCUT2D eigenvalue weighted by atomic mass is 10.2. The molecule has 1 atom stereocenters. The summed E-state index contributed by atoms with van der Waals surface area (Å²) in [4.78, 5) is 33.9. The van der Waals surface area contributed by atoms with Gasteiger partial charge in [-0.3, -0.25) is 9.36 Å². The number of hydrogen-bond acceptors (Lipinski definition) is 8. The first-order chi connectivity index (χ1) is 20.6. The highest BCUT2D eigenvalue weighted by Gasteiger charge is 2.42. The molecule has 5 rings (SSSR count). The monoisotopic (exact) mass is 646 g/mol. The van der Waals surface area contributed by atoms with Gasteiger partial charge in [0.2, 0.25) is 5.82 Å². The molecule has 3 heterocycles. The standard InChI is InChI=1S/C25H21ClF6N8O4/c26-14-5-3-13(4-6-14)18-37-39(22(43)38(18)10-16(41)25(30,31)32)11-17-35-20(21(42)34-12-23(44)7-8-23)40(36-17)19-15(24(27,28)29)2-1-9-33-19/h1-6,9,16,41,44H,7-8,10-12H2,(H,34,42)/t16-/m0/s1. The zero-order valence-electron chi connectivity index (χ0n) is 22.1. The molecular weight excluding hydrogens is 626 g/mol. The SMILES string of the molecule is O=C(NCC1(O)CC1)c1nc(Cn2nc(-c3ccc(Cl)cc3)n(C[C@H](O)C(F)(F)F)c2=O)nn1-c1ncccc1C(F)(F)F. The second-order valence-corrected chi connectivity index (χ2v) is 10.4.